The van der Waals surface area contributed by atoms with Crippen molar-refractivity contribution in [3.05, 3.63) is 36.2 Å². The normalized spacial score (nSPS) is 12.0. The summed E-state index contributed by atoms with van der Waals surface area (Å²) in [4.78, 5) is 22.5. The van der Waals surface area contributed by atoms with Crippen molar-refractivity contribution >= 4 is 11.6 Å². The molecule has 0 bridgehead atoms. The Hall–Kier alpha value is -2.24. The lowest BCUT2D eigenvalue weighted by atomic mass is 10.0. The van der Waals surface area contributed by atoms with Crippen molar-refractivity contribution in [2.24, 2.45) is 0 Å². The van der Waals surface area contributed by atoms with Crippen molar-refractivity contribution in [3.8, 4) is 0 Å². The number of hydrogen-bond donors (Lipinski definition) is 0. The fraction of sp³-hybridized carbons (Fsp3) is 0.600. The summed E-state index contributed by atoms with van der Waals surface area (Å²) in [6.45, 7) is 11.4. The lowest BCUT2D eigenvalue weighted by molar-refractivity contribution is 0.612. The summed E-state index contributed by atoms with van der Waals surface area (Å²) in [6, 6.07) is 0. The van der Waals surface area contributed by atoms with Crippen LogP contribution in [0.1, 0.15) is 57.8 Å². The van der Waals surface area contributed by atoms with E-state index in [-0.39, 0.29) is 0 Å². The van der Waals surface area contributed by atoms with Gasteiger partial charge in [0.05, 0.1) is 36.2 Å². The van der Waals surface area contributed by atoms with Gasteiger partial charge in [0.1, 0.15) is 11.6 Å². The van der Waals surface area contributed by atoms with Gasteiger partial charge in [-0.05, 0) is 39.0 Å². The molecule has 2 rings (SSSR count). The van der Waals surface area contributed by atoms with Gasteiger partial charge in [0.25, 0.3) is 0 Å². The summed E-state index contributed by atoms with van der Waals surface area (Å²) in [7, 11) is 2.07. The molecule has 0 radical (unpaired) electrons. The summed E-state index contributed by atoms with van der Waals surface area (Å²) in [5.74, 6) is 2.29. The second kappa shape index (κ2) is 10.0. The summed E-state index contributed by atoms with van der Waals surface area (Å²) in [6.07, 6.45) is 10.6. The molecule has 6 heteroatoms. The van der Waals surface area contributed by atoms with Crippen LogP contribution in [0.4, 0.5) is 11.6 Å². The van der Waals surface area contributed by atoms with Crippen LogP contribution in [0.25, 0.3) is 0 Å². The highest BCUT2D eigenvalue weighted by atomic mass is 15.2. The maximum Gasteiger partial charge on any atom is 0.147 e. The molecule has 6 nitrogen and oxygen atoms in total. The maximum absolute atomic E-state index is 4.63. The van der Waals surface area contributed by atoms with Gasteiger partial charge in [-0.3, -0.25) is 9.97 Å². The van der Waals surface area contributed by atoms with Crippen molar-refractivity contribution in [3.63, 3.8) is 0 Å². The van der Waals surface area contributed by atoms with Crippen LogP contribution >= 0.6 is 0 Å². The van der Waals surface area contributed by atoms with Crippen LogP contribution < -0.4 is 9.80 Å². The first kappa shape index (κ1) is 20.1. The van der Waals surface area contributed by atoms with Gasteiger partial charge in [0, 0.05) is 26.7 Å². The molecule has 2 aromatic heterocycles. The molecule has 0 saturated heterocycles. The zero-order valence-electron chi connectivity index (χ0n) is 16.8. The Morgan fingerprint density at radius 1 is 0.885 bits per heavy atom. The van der Waals surface area contributed by atoms with Gasteiger partial charge in [-0.1, -0.05) is 13.8 Å². The largest absolute Gasteiger partial charge is 0.358 e. The topological polar surface area (TPSA) is 58.0 Å². The Bertz CT molecular complexity index is 636. The molecule has 0 aliphatic rings. The number of anilines is 2. The van der Waals surface area contributed by atoms with Crippen LogP contribution in [-0.4, -0.2) is 46.6 Å². The number of hydrogen-bond acceptors (Lipinski definition) is 6. The number of aromatic nitrogens is 4. The van der Waals surface area contributed by atoms with Crippen molar-refractivity contribution in [2.75, 3.05) is 36.5 Å². The third kappa shape index (κ3) is 5.38. The van der Waals surface area contributed by atoms with Gasteiger partial charge >= 0.3 is 0 Å². The molecule has 0 aliphatic carbocycles. The minimum absolute atomic E-state index is 0.398. The van der Waals surface area contributed by atoms with E-state index in [2.05, 4.69) is 64.5 Å². The first-order chi connectivity index (χ1) is 12.6. The van der Waals surface area contributed by atoms with Crippen molar-refractivity contribution in [1.82, 2.24) is 19.9 Å². The highest BCUT2D eigenvalue weighted by molar-refractivity contribution is 5.36. The zero-order valence-corrected chi connectivity index (χ0v) is 16.8. The number of aryl methyl sites for hydroxylation is 1. The highest BCUT2D eigenvalue weighted by Crippen LogP contribution is 2.20. The summed E-state index contributed by atoms with van der Waals surface area (Å²) < 4.78 is 0. The Morgan fingerprint density at radius 2 is 1.58 bits per heavy atom. The standard InChI is InChI=1S/C20H32N6/c1-6-17-12-23-19(14-21-17)25(5)11-9-10-16(4)18-13-24-20(15-22-18)26(7-2)8-3/h12-16H,6-11H2,1-5H3. The summed E-state index contributed by atoms with van der Waals surface area (Å²) in [5, 5.41) is 0. The van der Waals surface area contributed by atoms with Gasteiger partial charge in [-0.15, -0.1) is 0 Å². The van der Waals surface area contributed by atoms with Crippen molar-refractivity contribution < 1.29 is 0 Å². The highest BCUT2D eigenvalue weighted by Gasteiger charge is 2.11. The average molecular weight is 357 g/mol. The minimum Gasteiger partial charge on any atom is -0.358 e. The minimum atomic E-state index is 0.398. The fourth-order valence-corrected chi connectivity index (χ4v) is 2.92. The van der Waals surface area contributed by atoms with E-state index >= 15 is 0 Å². The molecule has 142 valence electrons. The second-order valence-corrected chi connectivity index (χ2v) is 6.66. The van der Waals surface area contributed by atoms with E-state index < -0.39 is 0 Å². The third-order valence-electron chi connectivity index (χ3n) is 4.83. The molecule has 0 N–H and O–H groups in total. The molecular weight excluding hydrogens is 324 g/mol. The molecule has 2 heterocycles. The van der Waals surface area contributed by atoms with Gasteiger partial charge in [-0.2, -0.15) is 0 Å². The fourth-order valence-electron chi connectivity index (χ4n) is 2.92. The molecule has 26 heavy (non-hydrogen) atoms. The Labute approximate surface area is 157 Å². The third-order valence-corrected chi connectivity index (χ3v) is 4.83. The van der Waals surface area contributed by atoms with E-state index in [9.17, 15) is 0 Å². The predicted octanol–water partition coefficient (Wildman–Crippen LogP) is 3.70. The van der Waals surface area contributed by atoms with E-state index in [0.717, 1.165) is 61.9 Å². The average Bonchev–Trinajstić information content (AvgIpc) is 2.69. The number of nitrogens with zero attached hydrogens (tertiary/aromatic N) is 6. The zero-order chi connectivity index (χ0) is 18.9. The van der Waals surface area contributed by atoms with Gasteiger partial charge in [0.15, 0.2) is 0 Å². The Balaban J connectivity index is 1.83. The van der Waals surface area contributed by atoms with Crippen LogP contribution in [0.2, 0.25) is 0 Å². The van der Waals surface area contributed by atoms with Gasteiger partial charge < -0.3 is 9.80 Å². The lowest BCUT2D eigenvalue weighted by Gasteiger charge is -2.20. The van der Waals surface area contributed by atoms with E-state index in [4.69, 9.17) is 0 Å². The first-order valence-electron chi connectivity index (χ1n) is 9.67. The van der Waals surface area contributed by atoms with Crippen LogP contribution in [-0.2, 0) is 6.42 Å². The molecule has 1 atom stereocenters. The van der Waals surface area contributed by atoms with Crippen LogP contribution in [0, 0.1) is 0 Å². The van der Waals surface area contributed by atoms with Crippen LogP contribution in [0.5, 0.6) is 0 Å². The van der Waals surface area contributed by atoms with Crippen LogP contribution in [0.15, 0.2) is 24.8 Å². The van der Waals surface area contributed by atoms with Gasteiger partial charge in [0.2, 0.25) is 0 Å². The van der Waals surface area contributed by atoms with Crippen LogP contribution in [0.3, 0.4) is 0 Å². The van der Waals surface area contributed by atoms with E-state index in [1.54, 1.807) is 0 Å². The molecule has 2 aromatic rings. The first-order valence-corrected chi connectivity index (χ1v) is 9.67. The SMILES string of the molecule is CCc1cnc(N(C)CCCC(C)c2cnc(N(CC)CC)cn2)cn1. The summed E-state index contributed by atoms with van der Waals surface area (Å²) in [5.41, 5.74) is 2.10. The van der Waals surface area contributed by atoms with Crippen molar-refractivity contribution in [1.29, 1.82) is 0 Å². The Kier molecular flexibility index (Phi) is 7.75. The molecule has 0 aromatic carbocycles. The second-order valence-electron chi connectivity index (χ2n) is 6.66. The number of rotatable bonds is 10. The summed E-state index contributed by atoms with van der Waals surface area (Å²) >= 11 is 0. The smallest absolute Gasteiger partial charge is 0.147 e. The molecule has 0 amide bonds. The predicted molar refractivity (Wildman–Crippen MR) is 108 cm³/mol. The molecule has 0 fully saturated rings. The quantitative estimate of drug-likeness (QED) is 0.647. The van der Waals surface area contributed by atoms with E-state index in [1.807, 2.05) is 24.8 Å². The van der Waals surface area contributed by atoms with Gasteiger partial charge in [-0.25, -0.2) is 9.97 Å². The molecular formula is C20H32N6. The maximum atomic E-state index is 4.63. The van der Waals surface area contributed by atoms with Crippen molar-refractivity contribution in [2.45, 2.75) is 52.9 Å². The molecule has 0 aliphatic heterocycles. The molecule has 0 saturated carbocycles. The molecule has 0 spiro atoms. The Morgan fingerprint density at radius 3 is 2.12 bits per heavy atom. The van der Waals surface area contributed by atoms with E-state index in [0.29, 0.717) is 5.92 Å². The molecule has 1 unspecified atom stereocenters. The van der Waals surface area contributed by atoms with E-state index in [1.165, 1.54) is 0 Å². The monoisotopic (exact) mass is 356 g/mol. The lowest BCUT2D eigenvalue weighted by Crippen LogP contribution is -2.23.